The van der Waals surface area contributed by atoms with Crippen molar-refractivity contribution in [2.75, 3.05) is 43.2 Å². The number of rotatable bonds is 14. The van der Waals surface area contributed by atoms with E-state index in [9.17, 15) is 35.2 Å². The molecule has 0 fully saturated rings. The molecule has 28 heteroatoms. The summed E-state index contributed by atoms with van der Waals surface area (Å²) in [6.45, 7) is 11.9. The van der Waals surface area contributed by atoms with Crippen LogP contribution < -0.4 is 40.2 Å². The van der Waals surface area contributed by atoms with Crippen molar-refractivity contribution >= 4 is 88.4 Å². The van der Waals surface area contributed by atoms with Gasteiger partial charge in [-0.25, -0.2) is 45.2 Å². The molecule has 0 bridgehead atoms. The summed E-state index contributed by atoms with van der Waals surface area (Å²) < 4.78 is 100. The number of nitrogens with zero attached hydrogens (tertiary/aromatic N) is 8. The molecule has 6 aromatic heterocycles. The Morgan fingerprint density at radius 1 is 0.561 bits per heavy atom. The van der Waals surface area contributed by atoms with Crippen LogP contribution in [0.1, 0.15) is 41.5 Å². The van der Waals surface area contributed by atoms with Gasteiger partial charge in [0.15, 0.2) is 5.58 Å². The van der Waals surface area contributed by atoms with Gasteiger partial charge in [-0.2, -0.15) is 15.3 Å². The molecule has 10 rings (SSSR count). The van der Waals surface area contributed by atoms with Gasteiger partial charge in [-0.15, -0.1) is 0 Å². The van der Waals surface area contributed by atoms with Crippen LogP contribution in [-0.2, 0) is 31.1 Å². The Bertz CT molecular complexity index is 3990. The number of fused-ring (bicyclic) bond motifs is 2. The van der Waals surface area contributed by atoms with Crippen molar-refractivity contribution < 1.29 is 49.2 Å². The van der Waals surface area contributed by atoms with Crippen LogP contribution in [0.3, 0.4) is 0 Å². The first-order valence-corrected chi connectivity index (χ1v) is 28.4. The van der Waals surface area contributed by atoms with E-state index < -0.39 is 43.7 Å². The number of hydrogen-bond donors (Lipinski definition) is 7. The molecule has 6 heterocycles. The number of sulfonamides is 2. The van der Waals surface area contributed by atoms with Crippen LogP contribution in [0.5, 0.6) is 23.0 Å². The smallest absolute Gasteiger partial charge is 0.323 e. The molecule has 0 aliphatic heterocycles. The Balaban J connectivity index is 0.000000198. The zero-order valence-corrected chi connectivity index (χ0v) is 46.7. The predicted octanol–water partition coefficient (Wildman–Crippen LogP) is 11.3. The highest BCUT2D eigenvalue weighted by Crippen LogP contribution is 2.35. The van der Waals surface area contributed by atoms with Gasteiger partial charge in [-0.3, -0.25) is 23.9 Å². The second kappa shape index (κ2) is 22.7. The number of pyridine rings is 2. The molecule has 0 saturated heterocycles. The van der Waals surface area contributed by atoms with Crippen LogP contribution in [0.25, 0.3) is 44.4 Å². The molecule has 0 atom stereocenters. The summed E-state index contributed by atoms with van der Waals surface area (Å²) in [4.78, 5) is 33.7. The number of aromatic nitrogens is 9. The molecule has 82 heavy (non-hydrogen) atoms. The van der Waals surface area contributed by atoms with E-state index in [-0.39, 0.29) is 57.1 Å². The fourth-order valence-electron chi connectivity index (χ4n) is 7.74. The molecule has 0 saturated carbocycles. The summed E-state index contributed by atoms with van der Waals surface area (Å²) in [5.41, 5.74) is 4.04. The fourth-order valence-corrected chi connectivity index (χ4v) is 8.72. The van der Waals surface area contributed by atoms with Gasteiger partial charge >= 0.3 is 12.1 Å². The van der Waals surface area contributed by atoms with Crippen LogP contribution in [0.2, 0.25) is 0 Å². The van der Waals surface area contributed by atoms with E-state index in [2.05, 4.69) is 61.1 Å². The summed E-state index contributed by atoms with van der Waals surface area (Å²) in [6.07, 6.45) is 11.4. The normalized spacial score (nSPS) is 11.8. The number of urea groups is 2. The molecule has 10 aromatic rings. The molecular weight excluding hydrogens is 1100 g/mol. The van der Waals surface area contributed by atoms with Gasteiger partial charge in [0.1, 0.15) is 57.7 Å². The van der Waals surface area contributed by atoms with E-state index in [0.717, 1.165) is 52.1 Å². The van der Waals surface area contributed by atoms with E-state index >= 15 is 0 Å². The largest absolute Gasteiger partial charge is 0.457 e. The zero-order valence-electron chi connectivity index (χ0n) is 45.0. The molecule has 0 unspecified atom stereocenters. The Kier molecular flexibility index (Phi) is 15.7. The van der Waals surface area contributed by atoms with Gasteiger partial charge < -0.3 is 35.3 Å². The average Bonchev–Trinajstić information content (AvgIpc) is 4.43. The fraction of sp³-hybridized carbons (Fsp3) is 0.185. The summed E-state index contributed by atoms with van der Waals surface area (Å²) in [7, 11) is -7.06. The third-order valence-corrected chi connectivity index (χ3v) is 12.7. The molecule has 4 aromatic carbocycles. The molecule has 0 aliphatic rings. The Hall–Kier alpha value is -9.96. The highest BCUT2D eigenvalue weighted by atomic mass is 32.2. The number of carbonyl (C=O) groups is 2. The summed E-state index contributed by atoms with van der Waals surface area (Å²) in [6, 6.07) is 23.3. The number of hydrogen-bond acceptors (Lipinski definition) is 15. The van der Waals surface area contributed by atoms with E-state index in [1.165, 1.54) is 60.9 Å². The molecule has 0 spiro atoms. The van der Waals surface area contributed by atoms with Crippen LogP contribution >= 0.6 is 0 Å². The quantitative estimate of drug-likeness (QED) is 0.0532. The van der Waals surface area contributed by atoms with Crippen molar-refractivity contribution in [1.82, 2.24) is 44.9 Å². The lowest BCUT2D eigenvalue weighted by Crippen LogP contribution is -2.22. The van der Waals surface area contributed by atoms with Crippen LogP contribution in [0.15, 0.2) is 139 Å². The number of H-pyrrole nitrogens is 1. The van der Waals surface area contributed by atoms with Gasteiger partial charge in [0.2, 0.25) is 20.0 Å². The number of carbonyl (C=O) groups excluding carboxylic acids is 2. The topological polar surface area (TPSA) is 309 Å². The van der Waals surface area contributed by atoms with Crippen molar-refractivity contribution in [1.29, 1.82) is 0 Å². The molecule has 424 valence electrons. The standard InChI is InChI=1S/C27H27FN8O4S.C27H26FN7O5S/c1-27(2,3)36-15-23(25(34-36)16-5-7-21-17(11-16)14-30-33-21)32-26(37)31-22-8-6-18(12-20(22)28)40-19-9-10-29-24(13-19)35-41(4,38)39;1-27(2,3)35-15-22(25(33-35)16-5-8-23-17(11-16)14-30-40-23)32-26(36)31-21-7-6-18(12-20(21)28)39-19-9-10-29-24(13-19)34-41(4,37)38/h5-15H,1-4H3,(H,29,35)(H,30,33)(H2,31,32,37);5-15H,1-4H3,(H,29,34)(H2,31,32,36). The van der Waals surface area contributed by atoms with Gasteiger partial charge in [0, 0.05) is 71.0 Å². The predicted molar refractivity (Wildman–Crippen MR) is 306 cm³/mol. The number of amides is 4. The second-order valence-corrected chi connectivity index (χ2v) is 23.9. The summed E-state index contributed by atoms with van der Waals surface area (Å²) in [5, 5.41) is 32.4. The van der Waals surface area contributed by atoms with E-state index in [1.54, 1.807) is 40.2 Å². The second-order valence-electron chi connectivity index (χ2n) is 20.4. The summed E-state index contributed by atoms with van der Waals surface area (Å²) in [5.74, 6) is -0.647. The molecule has 0 radical (unpaired) electrons. The Labute approximate surface area is 467 Å². The third kappa shape index (κ3) is 14.4. The van der Waals surface area contributed by atoms with Crippen molar-refractivity contribution in [3.63, 3.8) is 0 Å². The molecule has 4 amide bonds. The first-order valence-electron chi connectivity index (χ1n) is 24.7. The van der Waals surface area contributed by atoms with Gasteiger partial charge in [-0.1, -0.05) is 11.2 Å². The van der Waals surface area contributed by atoms with Crippen molar-refractivity contribution in [3.8, 4) is 45.5 Å². The molecular formula is C54H53F2N15O9S2. The monoisotopic (exact) mass is 1160 g/mol. The van der Waals surface area contributed by atoms with E-state index in [1.807, 2.05) is 71.9 Å². The van der Waals surface area contributed by atoms with Crippen molar-refractivity contribution in [2.45, 2.75) is 52.6 Å². The van der Waals surface area contributed by atoms with E-state index in [0.29, 0.717) is 28.3 Å². The molecule has 7 N–H and O–H groups in total. The van der Waals surface area contributed by atoms with Crippen molar-refractivity contribution in [2.24, 2.45) is 0 Å². The first-order chi connectivity index (χ1) is 38.7. The minimum Gasteiger partial charge on any atom is -0.457 e. The number of nitrogens with one attached hydrogen (secondary N) is 7. The number of ether oxygens (including phenoxy) is 2. The van der Waals surface area contributed by atoms with Gasteiger partial charge in [0.25, 0.3) is 0 Å². The van der Waals surface area contributed by atoms with Crippen LogP contribution in [0.4, 0.5) is 52.8 Å². The Morgan fingerprint density at radius 3 is 1.48 bits per heavy atom. The lowest BCUT2D eigenvalue weighted by atomic mass is 10.1. The SMILES string of the molecule is CC(C)(C)n1cc(NC(=O)Nc2ccc(Oc3ccnc(NS(C)(=O)=O)c3)cc2F)c(-c2ccc3[nH]ncc3c2)n1.CC(C)(C)n1cc(NC(=O)Nc2ccc(Oc3ccnc(NS(C)(=O)=O)c3)cc2F)c(-c2ccc3oncc3c2)n1. The highest BCUT2D eigenvalue weighted by molar-refractivity contribution is 7.92. The highest BCUT2D eigenvalue weighted by Gasteiger charge is 2.24. The van der Waals surface area contributed by atoms with E-state index in [4.69, 9.17) is 19.1 Å². The number of benzene rings is 4. The van der Waals surface area contributed by atoms with Crippen LogP contribution in [-0.4, -0.2) is 86.3 Å². The number of halogens is 2. The lowest BCUT2D eigenvalue weighted by Gasteiger charge is -2.18. The minimum absolute atomic E-state index is 0.0518. The maximum atomic E-state index is 14.9. The Morgan fingerprint density at radius 2 is 1.01 bits per heavy atom. The van der Waals surface area contributed by atoms with Gasteiger partial charge in [0.05, 0.1) is 64.2 Å². The number of anilines is 6. The molecule has 24 nitrogen and oxygen atoms in total. The maximum Gasteiger partial charge on any atom is 0.323 e. The zero-order chi connectivity index (χ0) is 58.7. The number of aromatic amines is 1. The average molecular weight is 1160 g/mol. The summed E-state index contributed by atoms with van der Waals surface area (Å²) >= 11 is 0. The third-order valence-electron chi connectivity index (χ3n) is 11.5. The lowest BCUT2D eigenvalue weighted by molar-refractivity contribution is 0.261. The first kappa shape index (κ1) is 56.7. The van der Waals surface area contributed by atoms with Crippen molar-refractivity contribution in [3.05, 3.63) is 146 Å². The van der Waals surface area contributed by atoms with Crippen LogP contribution in [0, 0.1) is 11.6 Å². The van der Waals surface area contributed by atoms with Gasteiger partial charge in [-0.05, 0) is 108 Å². The minimum atomic E-state index is -3.53. The maximum absolute atomic E-state index is 14.9. The molecule has 0 aliphatic carbocycles.